The fraction of sp³-hybridized carbons (Fsp3) is 0.250. The molecule has 0 radical (unpaired) electrons. The zero-order valence-corrected chi connectivity index (χ0v) is 21.3. The molecule has 1 aliphatic rings. The van der Waals surface area contributed by atoms with E-state index < -0.39 is 16.1 Å². The largest absolute Gasteiger partial charge is 0.369 e. The van der Waals surface area contributed by atoms with Gasteiger partial charge in [-0.25, -0.2) is 13.4 Å². The number of carbonyl (C=O) groups excluding carboxylic acids is 1. The molecule has 0 bridgehead atoms. The van der Waals surface area contributed by atoms with Crippen molar-refractivity contribution in [1.82, 2.24) is 14.9 Å². The van der Waals surface area contributed by atoms with Gasteiger partial charge in [0.1, 0.15) is 6.04 Å². The molecule has 0 spiro atoms. The Morgan fingerprint density at radius 3 is 2.77 bits per heavy atom. The summed E-state index contributed by atoms with van der Waals surface area (Å²) in [7, 11) is -3.69. The molecule has 35 heavy (non-hydrogen) atoms. The highest BCUT2D eigenvalue weighted by Crippen LogP contribution is 2.28. The molecule has 2 N–H and O–H groups in total. The van der Waals surface area contributed by atoms with Gasteiger partial charge in [0.25, 0.3) is 10.0 Å². The minimum Gasteiger partial charge on any atom is -0.369 e. The van der Waals surface area contributed by atoms with Gasteiger partial charge in [-0.15, -0.1) is 11.3 Å². The first kappa shape index (κ1) is 23.7. The normalized spacial score (nSPS) is 17.0. The van der Waals surface area contributed by atoms with E-state index in [2.05, 4.69) is 19.9 Å². The van der Waals surface area contributed by atoms with Crippen LogP contribution in [0.1, 0.15) is 23.7 Å². The van der Waals surface area contributed by atoms with Crippen LogP contribution in [0.25, 0.3) is 10.9 Å². The quantitative estimate of drug-likeness (QED) is 0.337. The van der Waals surface area contributed by atoms with Crippen molar-refractivity contribution in [1.29, 1.82) is 0 Å². The number of hydrogen-bond acceptors (Lipinski definition) is 6. The lowest BCUT2D eigenvalue weighted by molar-refractivity contribution is -0.124. The third kappa shape index (κ3) is 4.86. The number of benzene rings is 2. The predicted molar refractivity (Wildman–Crippen MR) is 146 cm³/mol. The Labute approximate surface area is 217 Å². The van der Waals surface area contributed by atoms with Crippen molar-refractivity contribution in [2.45, 2.75) is 30.3 Å². The molecule has 1 aliphatic heterocycles. The number of aromatic nitrogens is 2. The van der Waals surface area contributed by atoms with Crippen molar-refractivity contribution in [3.05, 3.63) is 71.3 Å². The Morgan fingerprint density at radius 2 is 2.03 bits per heavy atom. The number of rotatable bonds is 7. The van der Waals surface area contributed by atoms with Gasteiger partial charge in [-0.3, -0.25) is 9.52 Å². The van der Waals surface area contributed by atoms with E-state index in [1.807, 2.05) is 42.0 Å². The first-order valence-electron chi connectivity index (χ1n) is 11.1. The molecule has 0 saturated carbocycles. The lowest BCUT2D eigenvalue weighted by Crippen LogP contribution is -2.40. The van der Waals surface area contributed by atoms with Gasteiger partial charge < -0.3 is 14.8 Å². The second-order valence-corrected chi connectivity index (χ2v) is 11.4. The van der Waals surface area contributed by atoms with Crippen LogP contribution in [0.15, 0.2) is 71.2 Å². The zero-order chi connectivity index (χ0) is 24.6. The van der Waals surface area contributed by atoms with Gasteiger partial charge in [0, 0.05) is 52.3 Å². The monoisotopic (exact) mass is 535 g/mol. The van der Waals surface area contributed by atoms with Crippen LogP contribution < -0.4 is 14.9 Å². The smallest absolute Gasteiger partial charge is 0.263 e. The predicted octanol–water partition coefficient (Wildman–Crippen LogP) is 5.25. The summed E-state index contributed by atoms with van der Waals surface area (Å²) in [6.07, 6.45) is 4.24. The molecule has 0 aliphatic carbocycles. The number of para-hydroxylation sites is 1. The fourth-order valence-corrected chi connectivity index (χ4v) is 6.41. The number of halogens is 1. The van der Waals surface area contributed by atoms with E-state index in [0.717, 1.165) is 29.6 Å². The molecule has 2 aromatic carbocycles. The summed E-state index contributed by atoms with van der Waals surface area (Å²) in [5.74, 6) is -0.0658. The molecule has 11 heteroatoms. The van der Waals surface area contributed by atoms with E-state index >= 15 is 0 Å². The van der Waals surface area contributed by atoms with Crippen LogP contribution in [0.3, 0.4) is 0 Å². The number of sulfonamides is 1. The summed E-state index contributed by atoms with van der Waals surface area (Å²) in [6.45, 7) is 3.28. The van der Waals surface area contributed by atoms with Gasteiger partial charge in [0.15, 0.2) is 5.13 Å². The maximum Gasteiger partial charge on any atom is 0.263 e. The minimum absolute atomic E-state index is 0. The van der Waals surface area contributed by atoms with E-state index in [0.29, 0.717) is 16.7 Å². The average Bonchev–Trinajstić information content (AvgIpc) is 3.60. The summed E-state index contributed by atoms with van der Waals surface area (Å²) in [6, 6.07) is 14.0. The van der Waals surface area contributed by atoms with Gasteiger partial charge in [-0.05, 0) is 49.7 Å². The molecule has 0 unspecified atom stereocenters. The Balaban J connectivity index is 0.00000169. The molecule has 3 heterocycles. The maximum atomic E-state index is 13.0. The summed E-state index contributed by atoms with van der Waals surface area (Å²) in [5, 5.41) is 6.81. The number of nitrogens with one attached hydrogen (secondary N) is 2. The van der Waals surface area contributed by atoms with Crippen LogP contribution >= 0.6 is 22.9 Å². The highest BCUT2D eigenvalue weighted by molar-refractivity contribution is 7.93. The highest BCUT2D eigenvalue weighted by Gasteiger charge is 2.27. The van der Waals surface area contributed by atoms with Crippen LogP contribution in [0.4, 0.5) is 10.8 Å². The number of nitrogens with zero attached hydrogens (tertiary/aromatic N) is 3. The first-order chi connectivity index (χ1) is 16.8. The van der Waals surface area contributed by atoms with Gasteiger partial charge in [-0.1, -0.05) is 23.7 Å². The molecule has 2 aromatic heterocycles. The topological polar surface area (TPSA) is 96.3 Å². The van der Waals surface area contributed by atoms with Crippen LogP contribution in [0.5, 0.6) is 0 Å². The van der Waals surface area contributed by atoms with Crippen LogP contribution in [0.2, 0.25) is 5.02 Å². The molecule has 2 atom stereocenters. The average molecular weight is 536 g/mol. The van der Waals surface area contributed by atoms with Crippen molar-refractivity contribution >= 4 is 60.6 Å². The summed E-state index contributed by atoms with van der Waals surface area (Å²) < 4.78 is 29.5. The van der Waals surface area contributed by atoms with Gasteiger partial charge in [0.05, 0.1) is 15.4 Å². The standard InChI is InChI=1S/C24H24ClN5O3S2.3H2/c1-16(30-13-9-17-3-2-4-21(25)22(17)30)23(31)27-18-10-12-29(15-18)19-5-7-20(8-6-19)35(32,33)28-24-26-11-14-34-24;;;/h2-9,11,13-14,16,18H,10,12,15H2,1H3,(H,26,28)(H,27,31);3*1H/t16-,18+;;;/m1.../s1. The number of thiazole rings is 1. The van der Waals surface area contributed by atoms with E-state index in [1.54, 1.807) is 35.8 Å². The molecule has 188 valence electrons. The molecule has 1 saturated heterocycles. The van der Waals surface area contributed by atoms with Gasteiger partial charge >= 0.3 is 0 Å². The number of carbonyl (C=O) groups is 1. The van der Waals surface area contributed by atoms with E-state index in [9.17, 15) is 13.2 Å². The number of fused-ring (bicyclic) bond motifs is 1. The van der Waals surface area contributed by atoms with Gasteiger partial charge in [-0.2, -0.15) is 0 Å². The zero-order valence-electron chi connectivity index (χ0n) is 18.9. The maximum absolute atomic E-state index is 13.0. The molecule has 1 fully saturated rings. The second kappa shape index (κ2) is 9.52. The van der Waals surface area contributed by atoms with Crippen molar-refractivity contribution < 1.29 is 17.5 Å². The Morgan fingerprint density at radius 1 is 1.23 bits per heavy atom. The minimum atomic E-state index is -3.69. The van der Waals surface area contributed by atoms with Crippen molar-refractivity contribution in [3.8, 4) is 0 Å². The lowest BCUT2D eigenvalue weighted by atomic mass is 10.2. The molecule has 5 rings (SSSR count). The first-order valence-corrected chi connectivity index (χ1v) is 13.9. The third-order valence-corrected chi connectivity index (χ3v) is 8.67. The molecule has 4 aromatic rings. The van der Waals surface area contributed by atoms with Crippen LogP contribution in [-0.2, 0) is 14.8 Å². The summed E-state index contributed by atoms with van der Waals surface area (Å²) in [4.78, 5) is 19.3. The van der Waals surface area contributed by atoms with E-state index in [1.165, 1.54) is 11.3 Å². The molecule has 8 nitrogen and oxygen atoms in total. The Hall–Kier alpha value is -3.08. The number of hydrogen-bond donors (Lipinski definition) is 2. The molecule has 1 amide bonds. The molecular formula is C24H30ClN5O3S2. The molecular weight excluding hydrogens is 506 g/mol. The lowest BCUT2D eigenvalue weighted by Gasteiger charge is -2.21. The highest BCUT2D eigenvalue weighted by atomic mass is 35.5. The van der Waals surface area contributed by atoms with Crippen molar-refractivity contribution in [2.75, 3.05) is 22.7 Å². The van der Waals surface area contributed by atoms with Crippen LogP contribution in [0, 0.1) is 0 Å². The van der Waals surface area contributed by atoms with Gasteiger partial charge in [0.2, 0.25) is 5.91 Å². The Kier molecular flexibility index (Phi) is 6.43. The van der Waals surface area contributed by atoms with Crippen LogP contribution in [-0.4, -0.2) is 43.0 Å². The van der Waals surface area contributed by atoms with E-state index in [-0.39, 0.29) is 21.1 Å². The summed E-state index contributed by atoms with van der Waals surface area (Å²) >= 11 is 7.60. The van der Waals surface area contributed by atoms with Crippen molar-refractivity contribution in [3.63, 3.8) is 0 Å². The third-order valence-electron chi connectivity index (χ3n) is 6.19. The number of amides is 1. The summed E-state index contributed by atoms with van der Waals surface area (Å²) in [5.41, 5.74) is 1.76. The van der Waals surface area contributed by atoms with E-state index in [4.69, 9.17) is 11.6 Å². The van der Waals surface area contributed by atoms with Crippen molar-refractivity contribution in [2.24, 2.45) is 0 Å². The second-order valence-electron chi connectivity index (χ2n) is 8.45. The number of anilines is 2. The SMILES string of the molecule is C[C@H](C(=O)N[C@H]1CCN(c2ccc(S(=O)(=O)Nc3nccs3)cc2)C1)n1ccc2cccc(Cl)c21.[HH].[HH].[HH]. The fourth-order valence-electron chi connectivity index (χ4n) is 4.34. The Bertz CT molecular complexity index is 1470.